The Kier molecular flexibility index (Phi) is 4.44. The fourth-order valence-corrected chi connectivity index (χ4v) is 1.92. The Morgan fingerprint density at radius 3 is 2.81 bits per heavy atom. The molecule has 4 nitrogen and oxygen atoms in total. The number of aryl methyl sites for hydroxylation is 1. The van der Waals surface area contributed by atoms with Gasteiger partial charge in [-0.15, -0.1) is 0 Å². The highest BCUT2D eigenvalue weighted by atomic mass is 32.2. The second kappa shape index (κ2) is 5.41. The summed E-state index contributed by atoms with van der Waals surface area (Å²) < 4.78 is 0. The van der Waals surface area contributed by atoms with E-state index in [1.165, 1.54) is 6.20 Å². The predicted octanol–water partition coefficient (Wildman–Crippen LogP) is 1.44. The van der Waals surface area contributed by atoms with Crippen molar-refractivity contribution in [3.8, 4) is 0 Å². The van der Waals surface area contributed by atoms with E-state index in [1.54, 1.807) is 31.8 Å². The summed E-state index contributed by atoms with van der Waals surface area (Å²) in [6.45, 7) is 3.55. The number of carbonyl (C=O) groups is 1. The van der Waals surface area contributed by atoms with Crippen LogP contribution in [0.1, 0.15) is 29.5 Å². The van der Waals surface area contributed by atoms with Crippen LogP contribution in [0.4, 0.5) is 0 Å². The zero-order chi connectivity index (χ0) is 12.2. The van der Waals surface area contributed by atoms with E-state index in [9.17, 15) is 4.79 Å². The molecule has 16 heavy (non-hydrogen) atoms. The maximum absolute atomic E-state index is 12.1. The minimum Gasteiger partial charge on any atom is -0.319 e. The van der Waals surface area contributed by atoms with Gasteiger partial charge in [-0.2, -0.15) is 11.8 Å². The number of hydrogen-bond donors (Lipinski definition) is 1. The van der Waals surface area contributed by atoms with Crippen LogP contribution < -0.4 is 5.73 Å². The number of hydrogen-bond acceptors (Lipinski definition) is 5. The van der Waals surface area contributed by atoms with Crippen molar-refractivity contribution < 1.29 is 4.79 Å². The first kappa shape index (κ1) is 13.1. The zero-order valence-electron chi connectivity index (χ0n) is 9.86. The molecule has 88 valence electrons. The Bertz CT molecular complexity index is 379. The molecule has 1 aromatic rings. The second-order valence-electron chi connectivity index (χ2n) is 4.04. The zero-order valence-corrected chi connectivity index (χ0v) is 10.7. The molecule has 0 aliphatic carbocycles. The first-order valence-corrected chi connectivity index (χ1v) is 6.48. The SMILES string of the molecule is CSCCC(C)(N)C(=O)c1cncc(C)n1. The standard InChI is InChI=1S/C11H17N3OS/c1-8-6-13-7-9(14-8)10(15)11(2,12)4-5-16-3/h6-7H,4-5,12H2,1-3H3. The van der Waals surface area contributed by atoms with Crippen molar-refractivity contribution in [3.63, 3.8) is 0 Å². The third kappa shape index (κ3) is 3.28. The fourth-order valence-electron chi connectivity index (χ4n) is 1.29. The van der Waals surface area contributed by atoms with Crippen molar-refractivity contribution >= 4 is 17.5 Å². The summed E-state index contributed by atoms with van der Waals surface area (Å²) in [5, 5.41) is 0. The lowest BCUT2D eigenvalue weighted by Crippen LogP contribution is -2.45. The van der Waals surface area contributed by atoms with E-state index in [4.69, 9.17) is 5.73 Å². The average Bonchev–Trinajstić information content (AvgIpc) is 2.25. The maximum atomic E-state index is 12.1. The maximum Gasteiger partial charge on any atom is 0.202 e. The first-order valence-electron chi connectivity index (χ1n) is 5.08. The van der Waals surface area contributed by atoms with Crippen molar-refractivity contribution in [2.24, 2.45) is 5.73 Å². The van der Waals surface area contributed by atoms with Gasteiger partial charge >= 0.3 is 0 Å². The van der Waals surface area contributed by atoms with E-state index in [0.717, 1.165) is 11.4 Å². The number of ketones is 1. The molecular formula is C11H17N3OS. The van der Waals surface area contributed by atoms with Gasteiger partial charge < -0.3 is 5.73 Å². The van der Waals surface area contributed by atoms with Crippen LogP contribution >= 0.6 is 11.8 Å². The first-order chi connectivity index (χ1) is 7.47. The molecule has 0 aromatic carbocycles. The van der Waals surface area contributed by atoms with Crippen LogP contribution in [0.15, 0.2) is 12.4 Å². The molecule has 0 saturated carbocycles. The Balaban J connectivity index is 2.84. The lowest BCUT2D eigenvalue weighted by molar-refractivity contribution is 0.0893. The Morgan fingerprint density at radius 1 is 1.56 bits per heavy atom. The minimum atomic E-state index is -0.856. The van der Waals surface area contributed by atoms with Crippen LogP contribution in [-0.2, 0) is 0 Å². The number of nitrogens with zero attached hydrogens (tertiary/aromatic N) is 2. The lowest BCUT2D eigenvalue weighted by atomic mass is 9.92. The van der Waals surface area contributed by atoms with Gasteiger partial charge in [0.25, 0.3) is 0 Å². The van der Waals surface area contributed by atoms with Crippen LogP contribution in [0.5, 0.6) is 0 Å². The summed E-state index contributed by atoms with van der Waals surface area (Å²) in [6, 6.07) is 0. The van der Waals surface area contributed by atoms with Gasteiger partial charge in [0.05, 0.1) is 17.4 Å². The normalized spacial score (nSPS) is 14.5. The molecule has 0 fully saturated rings. The molecule has 0 amide bonds. The Labute approximate surface area is 100 Å². The van der Waals surface area contributed by atoms with Gasteiger partial charge in [0, 0.05) is 6.20 Å². The van der Waals surface area contributed by atoms with Crippen molar-refractivity contribution in [2.75, 3.05) is 12.0 Å². The van der Waals surface area contributed by atoms with Gasteiger partial charge in [-0.25, -0.2) is 4.98 Å². The monoisotopic (exact) mass is 239 g/mol. The van der Waals surface area contributed by atoms with E-state index in [2.05, 4.69) is 9.97 Å². The smallest absolute Gasteiger partial charge is 0.202 e. The molecule has 2 N–H and O–H groups in total. The number of thioether (sulfide) groups is 1. The fraction of sp³-hybridized carbons (Fsp3) is 0.545. The van der Waals surface area contributed by atoms with Crippen LogP contribution in [-0.4, -0.2) is 33.3 Å². The van der Waals surface area contributed by atoms with Gasteiger partial charge in [0.15, 0.2) is 0 Å². The number of rotatable bonds is 5. The molecule has 0 radical (unpaired) electrons. The summed E-state index contributed by atoms with van der Waals surface area (Å²) in [4.78, 5) is 20.2. The van der Waals surface area contributed by atoms with Gasteiger partial charge in [0.2, 0.25) is 5.78 Å². The molecule has 1 unspecified atom stereocenters. The van der Waals surface area contributed by atoms with Crippen LogP contribution in [0, 0.1) is 6.92 Å². The quantitative estimate of drug-likeness (QED) is 0.787. The lowest BCUT2D eigenvalue weighted by Gasteiger charge is -2.21. The van der Waals surface area contributed by atoms with Gasteiger partial charge in [0.1, 0.15) is 5.69 Å². The van der Waals surface area contributed by atoms with E-state index in [0.29, 0.717) is 12.1 Å². The summed E-state index contributed by atoms with van der Waals surface area (Å²) >= 11 is 1.68. The molecule has 0 spiro atoms. The highest BCUT2D eigenvalue weighted by molar-refractivity contribution is 7.98. The molecule has 0 saturated heterocycles. The predicted molar refractivity (Wildman–Crippen MR) is 66.7 cm³/mol. The van der Waals surface area contributed by atoms with E-state index in [1.807, 2.05) is 6.26 Å². The van der Waals surface area contributed by atoms with Crippen molar-refractivity contribution in [1.82, 2.24) is 9.97 Å². The molecule has 1 aromatic heterocycles. The molecule has 5 heteroatoms. The van der Waals surface area contributed by atoms with Crippen LogP contribution in [0.3, 0.4) is 0 Å². The molecule has 1 atom stereocenters. The highest BCUT2D eigenvalue weighted by Gasteiger charge is 2.29. The Hall–Kier alpha value is -0.940. The number of carbonyl (C=O) groups excluding carboxylic acids is 1. The second-order valence-corrected chi connectivity index (χ2v) is 5.02. The van der Waals surface area contributed by atoms with E-state index >= 15 is 0 Å². The number of aromatic nitrogens is 2. The molecule has 1 heterocycles. The summed E-state index contributed by atoms with van der Waals surface area (Å²) in [5.74, 6) is 0.718. The summed E-state index contributed by atoms with van der Waals surface area (Å²) in [5.41, 5.74) is 6.22. The van der Waals surface area contributed by atoms with Gasteiger partial charge in [-0.3, -0.25) is 9.78 Å². The largest absolute Gasteiger partial charge is 0.319 e. The average molecular weight is 239 g/mol. The third-order valence-electron chi connectivity index (χ3n) is 2.33. The van der Waals surface area contributed by atoms with Crippen LogP contribution in [0.25, 0.3) is 0 Å². The number of Topliss-reactive ketones (excluding diaryl/α,β-unsaturated/α-hetero) is 1. The number of nitrogens with two attached hydrogens (primary N) is 1. The van der Waals surface area contributed by atoms with Crippen LogP contribution in [0.2, 0.25) is 0 Å². The van der Waals surface area contributed by atoms with Crippen molar-refractivity contribution in [1.29, 1.82) is 0 Å². The molecule has 0 aliphatic rings. The topological polar surface area (TPSA) is 68.9 Å². The molecule has 1 rings (SSSR count). The van der Waals surface area contributed by atoms with E-state index < -0.39 is 5.54 Å². The highest BCUT2D eigenvalue weighted by Crippen LogP contribution is 2.15. The van der Waals surface area contributed by atoms with Crippen molar-refractivity contribution in [3.05, 3.63) is 23.8 Å². The summed E-state index contributed by atoms with van der Waals surface area (Å²) in [7, 11) is 0. The molecular weight excluding hydrogens is 222 g/mol. The van der Waals surface area contributed by atoms with E-state index in [-0.39, 0.29) is 5.78 Å². The summed E-state index contributed by atoms with van der Waals surface area (Å²) in [6.07, 6.45) is 5.72. The van der Waals surface area contributed by atoms with Gasteiger partial charge in [-0.05, 0) is 32.3 Å². The Morgan fingerprint density at radius 2 is 2.25 bits per heavy atom. The molecule has 0 bridgehead atoms. The van der Waals surface area contributed by atoms with Crippen molar-refractivity contribution in [2.45, 2.75) is 25.8 Å². The third-order valence-corrected chi connectivity index (χ3v) is 2.94. The van der Waals surface area contributed by atoms with Gasteiger partial charge in [-0.1, -0.05) is 0 Å². The minimum absolute atomic E-state index is 0.141. The molecule has 0 aliphatic heterocycles.